The molecule has 1 aliphatic carbocycles. The van der Waals surface area contributed by atoms with Gasteiger partial charge in [0, 0.05) is 29.1 Å². The van der Waals surface area contributed by atoms with E-state index in [1.807, 2.05) is 6.92 Å². The molecule has 0 atom stereocenters. The molecule has 4 aromatic rings. The predicted molar refractivity (Wildman–Crippen MR) is 138 cm³/mol. The Bertz CT molecular complexity index is 1610. The Kier molecular flexibility index (Phi) is 7.10. The van der Waals surface area contributed by atoms with Gasteiger partial charge in [0.25, 0.3) is 18.8 Å². The molecular formula is C24H22ClF4N7O2S. The molecule has 0 aromatic carbocycles. The van der Waals surface area contributed by atoms with E-state index in [9.17, 15) is 27.2 Å². The molecule has 0 bridgehead atoms. The van der Waals surface area contributed by atoms with Gasteiger partial charge in [-0.2, -0.15) is 10.2 Å². The standard InChI is InChI=1S/C24H22ClF4N7O2S/c1-3-35-9(2)12(7-31-35)11-6-13(21(26)27)32-24-15(11)17(20(39-24)23(30)38)33-14(37)8-36-19(10-4-5-10)16(25)18(34-36)22(28)29/h6-7,10,21-22H,3-5,8H2,1-2H3,(H2,30,38)(H,33,37). The summed E-state index contributed by atoms with van der Waals surface area (Å²) in [6.07, 6.45) is -2.87. The fourth-order valence-electron chi connectivity index (χ4n) is 4.56. The SMILES string of the molecule is CCn1ncc(-c2cc(C(F)F)nc3sc(C(N)=O)c(NC(=O)Cn4nc(C(F)F)c(Cl)c4C4CC4)c23)c1C. The van der Waals surface area contributed by atoms with Crippen molar-refractivity contribution in [3.05, 3.63) is 44.9 Å². The minimum absolute atomic E-state index is 0.0141. The van der Waals surface area contributed by atoms with Crippen LogP contribution in [0.2, 0.25) is 5.02 Å². The molecule has 2 amide bonds. The number of amides is 2. The minimum atomic E-state index is -2.92. The maximum absolute atomic E-state index is 13.8. The lowest BCUT2D eigenvalue weighted by atomic mass is 10.0. The number of halogens is 5. The summed E-state index contributed by atoms with van der Waals surface area (Å²) in [4.78, 5) is 29.6. The van der Waals surface area contributed by atoms with Crippen LogP contribution in [0.3, 0.4) is 0 Å². The third kappa shape index (κ3) is 4.86. The van der Waals surface area contributed by atoms with Crippen LogP contribution in [0.5, 0.6) is 0 Å². The molecule has 0 saturated heterocycles. The van der Waals surface area contributed by atoms with E-state index >= 15 is 0 Å². The van der Waals surface area contributed by atoms with Gasteiger partial charge in [0.1, 0.15) is 27.6 Å². The topological polar surface area (TPSA) is 121 Å². The van der Waals surface area contributed by atoms with Gasteiger partial charge in [-0.1, -0.05) is 11.6 Å². The number of nitrogens with zero attached hydrogens (tertiary/aromatic N) is 5. The number of fused-ring (bicyclic) bond motifs is 1. The molecule has 15 heteroatoms. The first kappa shape index (κ1) is 27.1. The number of carbonyl (C=O) groups is 2. The number of hydrogen-bond donors (Lipinski definition) is 2. The molecule has 1 aliphatic rings. The predicted octanol–water partition coefficient (Wildman–Crippen LogP) is 5.83. The third-order valence-corrected chi connectivity index (χ3v) is 7.99. The number of nitrogens with two attached hydrogens (primary N) is 1. The molecule has 9 nitrogen and oxygen atoms in total. The summed E-state index contributed by atoms with van der Waals surface area (Å²) in [6, 6.07) is 1.19. The number of hydrogen-bond acceptors (Lipinski definition) is 6. The lowest BCUT2D eigenvalue weighted by molar-refractivity contribution is -0.117. The Labute approximate surface area is 227 Å². The van der Waals surface area contributed by atoms with Gasteiger partial charge < -0.3 is 11.1 Å². The molecule has 3 N–H and O–H groups in total. The number of pyridine rings is 1. The van der Waals surface area contributed by atoms with E-state index in [2.05, 4.69) is 20.5 Å². The second-order valence-corrected chi connectivity index (χ2v) is 10.4. The highest BCUT2D eigenvalue weighted by atomic mass is 35.5. The van der Waals surface area contributed by atoms with E-state index in [0.29, 0.717) is 23.5 Å². The Morgan fingerprint density at radius 1 is 1.21 bits per heavy atom. The molecule has 4 heterocycles. The second-order valence-electron chi connectivity index (χ2n) is 9.07. The summed E-state index contributed by atoms with van der Waals surface area (Å²) >= 11 is 6.92. The van der Waals surface area contributed by atoms with Crippen LogP contribution in [0.15, 0.2) is 12.3 Å². The minimum Gasteiger partial charge on any atom is -0.365 e. The summed E-state index contributed by atoms with van der Waals surface area (Å²) in [6.45, 7) is 3.69. The van der Waals surface area contributed by atoms with E-state index in [4.69, 9.17) is 17.3 Å². The van der Waals surface area contributed by atoms with Crippen LogP contribution in [0.4, 0.5) is 23.2 Å². The highest BCUT2D eigenvalue weighted by Gasteiger charge is 2.35. The van der Waals surface area contributed by atoms with E-state index in [-0.39, 0.29) is 37.3 Å². The van der Waals surface area contributed by atoms with Crippen molar-refractivity contribution < 1.29 is 27.2 Å². The quantitative estimate of drug-likeness (QED) is 0.240. The fraction of sp³-hybridized carbons (Fsp3) is 0.375. The highest BCUT2D eigenvalue weighted by Crippen LogP contribution is 2.46. The van der Waals surface area contributed by atoms with Gasteiger partial charge in [-0.25, -0.2) is 22.5 Å². The van der Waals surface area contributed by atoms with Crippen LogP contribution >= 0.6 is 22.9 Å². The number of anilines is 1. The zero-order valence-corrected chi connectivity index (χ0v) is 22.2. The first-order chi connectivity index (χ1) is 18.5. The molecule has 4 aromatic heterocycles. The van der Waals surface area contributed by atoms with Crippen LogP contribution in [0.25, 0.3) is 21.3 Å². The van der Waals surface area contributed by atoms with Crippen molar-refractivity contribution in [3.8, 4) is 11.1 Å². The zero-order chi connectivity index (χ0) is 28.2. The summed E-state index contributed by atoms with van der Waals surface area (Å²) in [5, 5.41) is 10.8. The summed E-state index contributed by atoms with van der Waals surface area (Å²) < 4.78 is 57.2. The molecule has 0 aliphatic heterocycles. The van der Waals surface area contributed by atoms with Gasteiger partial charge in [0.15, 0.2) is 0 Å². The van der Waals surface area contributed by atoms with Crippen molar-refractivity contribution in [2.24, 2.45) is 5.73 Å². The van der Waals surface area contributed by atoms with Crippen molar-refractivity contribution in [3.63, 3.8) is 0 Å². The zero-order valence-electron chi connectivity index (χ0n) is 20.6. The van der Waals surface area contributed by atoms with Gasteiger partial charge in [0.2, 0.25) is 5.91 Å². The Balaban J connectivity index is 1.62. The van der Waals surface area contributed by atoms with Gasteiger partial charge in [-0.3, -0.25) is 19.0 Å². The Morgan fingerprint density at radius 3 is 2.49 bits per heavy atom. The lowest BCUT2D eigenvalue weighted by Gasteiger charge is -2.12. The Morgan fingerprint density at radius 2 is 1.92 bits per heavy atom. The Hall–Kier alpha value is -3.52. The maximum atomic E-state index is 13.8. The normalized spacial score (nSPS) is 13.7. The average Bonchev–Trinajstić information content (AvgIpc) is 3.42. The summed E-state index contributed by atoms with van der Waals surface area (Å²) in [5.74, 6) is -1.70. The van der Waals surface area contributed by atoms with Gasteiger partial charge in [-0.05, 0) is 38.3 Å². The lowest BCUT2D eigenvalue weighted by Crippen LogP contribution is -2.22. The summed E-state index contributed by atoms with van der Waals surface area (Å²) in [7, 11) is 0. The van der Waals surface area contributed by atoms with Crippen molar-refractivity contribution in [1.29, 1.82) is 0 Å². The van der Waals surface area contributed by atoms with Gasteiger partial charge >= 0.3 is 0 Å². The largest absolute Gasteiger partial charge is 0.365 e. The molecule has 1 fully saturated rings. The third-order valence-electron chi connectivity index (χ3n) is 6.51. The van der Waals surface area contributed by atoms with Gasteiger partial charge in [0.05, 0.1) is 22.6 Å². The first-order valence-corrected chi connectivity index (χ1v) is 13.1. The molecule has 5 rings (SSSR count). The molecule has 0 unspecified atom stereocenters. The van der Waals surface area contributed by atoms with E-state index in [1.54, 1.807) is 11.6 Å². The van der Waals surface area contributed by atoms with E-state index < -0.39 is 42.6 Å². The van der Waals surface area contributed by atoms with Crippen molar-refractivity contribution in [2.75, 3.05) is 5.32 Å². The molecule has 206 valence electrons. The fourth-order valence-corrected chi connectivity index (χ4v) is 5.94. The number of alkyl halides is 4. The molecular weight excluding hydrogens is 562 g/mol. The van der Waals surface area contributed by atoms with Crippen LogP contribution in [0.1, 0.15) is 71.0 Å². The van der Waals surface area contributed by atoms with E-state index in [1.165, 1.54) is 12.3 Å². The molecule has 1 saturated carbocycles. The number of thiophene rings is 1. The molecule has 0 spiro atoms. The second kappa shape index (κ2) is 10.2. The van der Waals surface area contributed by atoms with Crippen LogP contribution in [-0.4, -0.2) is 36.4 Å². The smallest absolute Gasteiger partial charge is 0.283 e. The van der Waals surface area contributed by atoms with Crippen LogP contribution in [0, 0.1) is 6.92 Å². The number of carbonyl (C=O) groups excluding carboxylic acids is 2. The van der Waals surface area contributed by atoms with Crippen molar-refractivity contribution in [1.82, 2.24) is 24.5 Å². The summed E-state index contributed by atoms with van der Waals surface area (Å²) in [5.41, 5.74) is 6.26. The molecule has 39 heavy (non-hydrogen) atoms. The van der Waals surface area contributed by atoms with Crippen LogP contribution < -0.4 is 11.1 Å². The van der Waals surface area contributed by atoms with Gasteiger partial charge in [-0.15, -0.1) is 11.3 Å². The number of primary amides is 1. The number of aryl methyl sites for hydroxylation is 1. The molecule has 0 radical (unpaired) electrons. The average molecular weight is 584 g/mol. The highest BCUT2D eigenvalue weighted by molar-refractivity contribution is 7.21. The number of aromatic nitrogens is 5. The first-order valence-electron chi connectivity index (χ1n) is 11.9. The number of rotatable bonds is 9. The number of nitrogens with one attached hydrogen (secondary N) is 1. The van der Waals surface area contributed by atoms with Crippen molar-refractivity contribution in [2.45, 2.75) is 58.5 Å². The van der Waals surface area contributed by atoms with E-state index in [0.717, 1.165) is 28.9 Å². The monoisotopic (exact) mass is 583 g/mol. The van der Waals surface area contributed by atoms with Crippen LogP contribution in [-0.2, 0) is 17.9 Å². The van der Waals surface area contributed by atoms with Crippen molar-refractivity contribution >= 4 is 50.7 Å². The maximum Gasteiger partial charge on any atom is 0.283 e.